The van der Waals surface area contributed by atoms with E-state index in [9.17, 15) is 23.2 Å². The van der Waals surface area contributed by atoms with Crippen molar-refractivity contribution in [3.63, 3.8) is 0 Å². The van der Waals surface area contributed by atoms with Gasteiger partial charge in [-0.05, 0) is 43.2 Å². The van der Waals surface area contributed by atoms with E-state index in [1.54, 1.807) is 19.1 Å². The Labute approximate surface area is 156 Å². The number of pyridine rings is 1. The van der Waals surface area contributed by atoms with E-state index < -0.39 is 28.4 Å². The highest BCUT2D eigenvalue weighted by Gasteiger charge is 2.28. The molecule has 0 fully saturated rings. The van der Waals surface area contributed by atoms with Crippen molar-refractivity contribution in [1.82, 2.24) is 0 Å². The van der Waals surface area contributed by atoms with Crippen LogP contribution in [-0.2, 0) is 21.2 Å². The molecule has 0 radical (unpaired) electrons. The molecule has 0 amide bonds. The van der Waals surface area contributed by atoms with Crippen LogP contribution < -0.4 is 9.04 Å². The topological polar surface area (TPSA) is 108 Å². The number of carbonyl (C=O) groups is 2. The Balaban J connectivity index is 1.70. The molecule has 142 valence electrons. The van der Waals surface area contributed by atoms with Crippen LogP contribution in [0.4, 0.5) is 5.69 Å². The Morgan fingerprint density at radius 2 is 2.04 bits per heavy atom. The van der Waals surface area contributed by atoms with Crippen molar-refractivity contribution in [2.45, 2.75) is 13.3 Å². The van der Waals surface area contributed by atoms with Crippen LogP contribution in [-0.4, -0.2) is 39.1 Å². The van der Waals surface area contributed by atoms with E-state index >= 15 is 0 Å². The van der Waals surface area contributed by atoms with Crippen molar-refractivity contribution in [2.75, 3.05) is 23.2 Å². The van der Waals surface area contributed by atoms with Crippen LogP contribution in [0.25, 0.3) is 0 Å². The molecule has 0 atom stereocenters. The number of ether oxygens (including phenoxy) is 1. The van der Waals surface area contributed by atoms with Gasteiger partial charge < -0.3 is 9.94 Å². The minimum absolute atomic E-state index is 0.00226. The number of nitrogens with zero attached hydrogens (tertiary/aromatic N) is 2. The molecule has 9 heteroatoms. The van der Waals surface area contributed by atoms with E-state index in [0.29, 0.717) is 28.9 Å². The molecule has 1 aromatic heterocycles. The molecule has 0 spiro atoms. The van der Waals surface area contributed by atoms with Gasteiger partial charge in [0.1, 0.15) is 0 Å². The fourth-order valence-corrected chi connectivity index (χ4v) is 4.02. The first kappa shape index (κ1) is 18.8. The lowest BCUT2D eigenvalue weighted by Gasteiger charge is -2.18. The van der Waals surface area contributed by atoms with Gasteiger partial charge in [0, 0.05) is 24.2 Å². The zero-order valence-electron chi connectivity index (χ0n) is 14.6. The highest BCUT2D eigenvalue weighted by atomic mass is 32.2. The van der Waals surface area contributed by atoms with Crippen LogP contribution in [0.1, 0.15) is 33.3 Å². The van der Waals surface area contributed by atoms with Gasteiger partial charge in [-0.15, -0.1) is 0 Å². The summed E-state index contributed by atoms with van der Waals surface area (Å²) in [5.74, 6) is -1.32. The van der Waals surface area contributed by atoms with Crippen molar-refractivity contribution in [2.24, 2.45) is 0 Å². The molecule has 2 heterocycles. The zero-order chi connectivity index (χ0) is 19.6. The van der Waals surface area contributed by atoms with Gasteiger partial charge in [0.2, 0.25) is 10.0 Å². The van der Waals surface area contributed by atoms with Gasteiger partial charge in [-0.1, -0.05) is 0 Å². The van der Waals surface area contributed by atoms with Gasteiger partial charge in [-0.2, -0.15) is 4.73 Å². The minimum atomic E-state index is -3.35. The lowest BCUT2D eigenvalue weighted by Crippen LogP contribution is -2.35. The molecule has 0 saturated carbocycles. The molecular formula is C18H18N2O6S. The maximum atomic E-state index is 12.3. The number of benzene rings is 1. The monoisotopic (exact) mass is 390 g/mol. The van der Waals surface area contributed by atoms with Gasteiger partial charge in [0.25, 0.3) is 0 Å². The number of anilines is 1. The summed E-state index contributed by atoms with van der Waals surface area (Å²) < 4.78 is 30.8. The average Bonchev–Trinajstić information content (AvgIpc) is 3.10. The lowest BCUT2D eigenvalue weighted by atomic mass is 10.1. The predicted molar refractivity (Wildman–Crippen MR) is 97.0 cm³/mol. The summed E-state index contributed by atoms with van der Waals surface area (Å²) in [5, 5.41) is 11.5. The molecule has 8 nitrogen and oxygen atoms in total. The quantitative estimate of drug-likeness (QED) is 0.316. The van der Waals surface area contributed by atoms with Crippen LogP contribution in [0.15, 0.2) is 42.6 Å². The molecule has 27 heavy (non-hydrogen) atoms. The summed E-state index contributed by atoms with van der Waals surface area (Å²) in [6, 6.07) is 9.01. The van der Waals surface area contributed by atoms with Gasteiger partial charge >= 0.3 is 11.7 Å². The average molecular weight is 390 g/mol. The van der Waals surface area contributed by atoms with Crippen molar-refractivity contribution < 1.29 is 27.5 Å². The van der Waals surface area contributed by atoms with Gasteiger partial charge in [0.15, 0.2) is 18.6 Å². The first-order valence-corrected chi connectivity index (χ1v) is 9.96. The maximum Gasteiger partial charge on any atom is 0.405 e. The van der Waals surface area contributed by atoms with Gasteiger partial charge in [0.05, 0.1) is 11.4 Å². The lowest BCUT2D eigenvalue weighted by molar-refractivity contribution is -0.608. The number of carbonyl (C=O) groups excluding carboxylic acids is 2. The number of hydrogen-bond donors (Lipinski definition) is 0. The number of ketones is 1. The van der Waals surface area contributed by atoms with Crippen LogP contribution in [0, 0.1) is 5.21 Å². The van der Waals surface area contributed by atoms with Crippen LogP contribution in [0.5, 0.6) is 0 Å². The van der Waals surface area contributed by atoms with E-state index in [1.165, 1.54) is 28.6 Å². The Morgan fingerprint density at radius 1 is 1.26 bits per heavy atom. The standard InChI is InChI=1S/C18H18N2O6S/c1-2-27(24,25)20-10-8-13-11-14(6-7-15(13)20)17(21)12-26-18(22)16-5-3-4-9-19(16)23/h3-7,9,11H,2,8,10,12H2,1H3. The fourth-order valence-electron chi connectivity index (χ4n) is 2.86. The summed E-state index contributed by atoms with van der Waals surface area (Å²) in [5.41, 5.74) is 1.44. The molecule has 0 aliphatic carbocycles. The Kier molecular flexibility index (Phi) is 5.13. The third kappa shape index (κ3) is 3.77. The van der Waals surface area contributed by atoms with Crippen LogP contribution in [0.2, 0.25) is 0 Å². The molecule has 0 bridgehead atoms. The Hall–Kier alpha value is -2.94. The predicted octanol–water partition coefficient (Wildman–Crippen LogP) is 1.07. The third-order valence-electron chi connectivity index (χ3n) is 4.32. The fraction of sp³-hybridized carbons (Fsp3) is 0.278. The second-order valence-corrected chi connectivity index (χ2v) is 8.16. The first-order valence-electron chi connectivity index (χ1n) is 8.35. The van der Waals surface area contributed by atoms with Gasteiger partial charge in [-0.25, -0.2) is 13.2 Å². The normalized spacial score (nSPS) is 13.3. The summed E-state index contributed by atoms with van der Waals surface area (Å²) in [4.78, 5) is 24.2. The van der Waals surface area contributed by atoms with E-state index in [2.05, 4.69) is 0 Å². The Bertz CT molecular complexity index is 1000. The van der Waals surface area contributed by atoms with Crippen molar-refractivity contribution >= 4 is 27.5 Å². The number of sulfonamides is 1. The second-order valence-electron chi connectivity index (χ2n) is 5.98. The van der Waals surface area contributed by atoms with Crippen molar-refractivity contribution in [1.29, 1.82) is 0 Å². The minimum Gasteiger partial charge on any atom is -0.618 e. The summed E-state index contributed by atoms with van der Waals surface area (Å²) in [7, 11) is -3.35. The largest absolute Gasteiger partial charge is 0.618 e. The first-order chi connectivity index (χ1) is 12.8. The van der Waals surface area contributed by atoms with Crippen molar-refractivity contribution in [3.8, 4) is 0 Å². The third-order valence-corrected chi connectivity index (χ3v) is 6.10. The molecule has 1 aliphatic heterocycles. The second kappa shape index (κ2) is 7.36. The summed E-state index contributed by atoms with van der Waals surface area (Å²) in [6.07, 6.45) is 1.67. The number of fused-ring (bicyclic) bond motifs is 1. The van der Waals surface area contributed by atoms with E-state index in [-0.39, 0.29) is 11.4 Å². The molecule has 0 saturated heterocycles. The smallest absolute Gasteiger partial charge is 0.405 e. The molecule has 3 rings (SSSR count). The molecule has 0 N–H and O–H groups in total. The SMILES string of the molecule is CCS(=O)(=O)N1CCc2cc(C(=O)COC(=O)c3cccc[n+]3[O-])ccc21. The van der Waals surface area contributed by atoms with E-state index in [0.717, 1.165) is 11.8 Å². The molecule has 1 aliphatic rings. The summed E-state index contributed by atoms with van der Waals surface area (Å²) in [6.45, 7) is 1.41. The number of rotatable bonds is 6. The number of esters is 1. The molecule has 0 unspecified atom stereocenters. The maximum absolute atomic E-state index is 12.3. The molecular weight excluding hydrogens is 372 g/mol. The highest BCUT2D eigenvalue weighted by Crippen LogP contribution is 2.31. The number of hydrogen-bond acceptors (Lipinski definition) is 6. The van der Waals surface area contributed by atoms with E-state index in [4.69, 9.17) is 4.74 Å². The number of aromatic nitrogens is 1. The highest BCUT2D eigenvalue weighted by molar-refractivity contribution is 7.92. The molecule has 2 aromatic rings. The summed E-state index contributed by atoms with van der Waals surface area (Å²) >= 11 is 0. The van der Waals surface area contributed by atoms with E-state index in [1.807, 2.05) is 0 Å². The van der Waals surface area contributed by atoms with Gasteiger partial charge in [-0.3, -0.25) is 9.10 Å². The van der Waals surface area contributed by atoms with Crippen molar-refractivity contribution in [3.05, 3.63) is 64.6 Å². The Morgan fingerprint density at radius 3 is 2.74 bits per heavy atom. The molecule has 1 aromatic carbocycles. The number of Topliss-reactive ketones (excluding diaryl/α,β-unsaturated/α-hetero) is 1. The van der Waals surface area contributed by atoms with Crippen LogP contribution in [0.3, 0.4) is 0 Å². The van der Waals surface area contributed by atoms with Crippen LogP contribution >= 0.6 is 0 Å². The zero-order valence-corrected chi connectivity index (χ0v) is 15.4.